The fraction of sp³-hybridized carbons (Fsp3) is 0.429. The van der Waals surface area contributed by atoms with Gasteiger partial charge in [0.05, 0.1) is 18.4 Å². The van der Waals surface area contributed by atoms with Gasteiger partial charge in [-0.2, -0.15) is 0 Å². The minimum Gasteiger partial charge on any atom is -0.465 e. The van der Waals surface area contributed by atoms with E-state index in [9.17, 15) is 14.4 Å². The van der Waals surface area contributed by atoms with Gasteiger partial charge in [-0.3, -0.25) is 9.59 Å². The summed E-state index contributed by atoms with van der Waals surface area (Å²) in [5, 5.41) is 2.80. The van der Waals surface area contributed by atoms with Crippen molar-refractivity contribution < 1.29 is 19.1 Å². The number of fused-ring (bicyclic) bond motifs is 1. The molecule has 0 spiro atoms. The first-order valence-electron chi connectivity index (χ1n) is 9.88. The van der Waals surface area contributed by atoms with Crippen LogP contribution in [0.1, 0.15) is 63.8 Å². The summed E-state index contributed by atoms with van der Waals surface area (Å²) in [5.41, 5.74) is 2.14. The van der Waals surface area contributed by atoms with Crippen LogP contribution in [0.5, 0.6) is 0 Å². The lowest BCUT2D eigenvalue weighted by molar-refractivity contribution is 0.0600. The summed E-state index contributed by atoms with van der Waals surface area (Å²) in [4.78, 5) is 43.5. The van der Waals surface area contributed by atoms with E-state index in [1.54, 1.807) is 29.2 Å². The smallest absolute Gasteiger partial charge is 0.337 e. The van der Waals surface area contributed by atoms with Crippen molar-refractivity contribution in [3.63, 3.8) is 0 Å². The van der Waals surface area contributed by atoms with Crippen LogP contribution in [-0.2, 0) is 17.7 Å². The molecule has 0 radical (unpaired) electrons. The molecular formula is C21H26N4O4. The Balaban J connectivity index is 1.87. The molecule has 0 saturated carbocycles. The number of carbonyl (C=O) groups excluding carboxylic acids is 3. The number of anilines is 1. The van der Waals surface area contributed by atoms with Crippen molar-refractivity contribution in [2.75, 3.05) is 25.5 Å². The molecule has 1 N–H and O–H groups in total. The van der Waals surface area contributed by atoms with Gasteiger partial charge in [0.2, 0.25) is 0 Å². The second-order valence-electron chi connectivity index (χ2n) is 6.84. The van der Waals surface area contributed by atoms with E-state index in [-0.39, 0.29) is 17.6 Å². The molecule has 8 nitrogen and oxygen atoms in total. The lowest BCUT2D eigenvalue weighted by Gasteiger charge is -2.20. The summed E-state index contributed by atoms with van der Waals surface area (Å²) in [6.45, 7) is 5.70. The van der Waals surface area contributed by atoms with E-state index in [4.69, 9.17) is 0 Å². The van der Waals surface area contributed by atoms with Gasteiger partial charge < -0.3 is 19.5 Å². The number of methoxy groups -OCH3 is 1. The molecule has 1 aromatic heterocycles. The minimum absolute atomic E-state index is 0.137. The van der Waals surface area contributed by atoms with Crippen molar-refractivity contribution in [3.05, 3.63) is 47.0 Å². The van der Waals surface area contributed by atoms with Gasteiger partial charge in [0.1, 0.15) is 5.69 Å². The third kappa shape index (κ3) is 4.16. The Kier molecular flexibility index (Phi) is 6.31. The molecule has 154 valence electrons. The predicted molar refractivity (Wildman–Crippen MR) is 108 cm³/mol. The lowest BCUT2D eigenvalue weighted by Crippen LogP contribution is -2.31. The second kappa shape index (κ2) is 8.89. The van der Waals surface area contributed by atoms with Crippen LogP contribution in [0.3, 0.4) is 0 Å². The van der Waals surface area contributed by atoms with E-state index < -0.39 is 5.97 Å². The first kappa shape index (κ1) is 20.6. The number of esters is 1. The zero-order chi connectivity index (χ0) is 21.0. The Morgan fingerprint density at radius 3 is 2.45 bits per heavy atom. The summed E-state index contributed by atoms with van der Waals surface area (Å²) in [6.07, 6.45) is 2.65. The molecule has 3 rings (SSSR count). The monoisotopic (exact) mass is 398 g/mol. The fourth-order valence-electron chi connectivity index (χ4n) is 3.54. The number of nitrogens with one attached hydrogen (secondary N) is 1. The summed E-state index contributed by atoms with van der Waals surface area (Å²) < 4.78 is 6.54. The Bertz CT molecular complexity index is 914. The quantitative estimate of drug-likeness (QED) is 0.755. The van der Waals surface area contributed by atoms with Crippen LogP contribution in [0.25, 0.3) is 0 Å². The molecule has 29 heavy (non-hydrogen) atoms. The van der Waals surface area contributed by atoms with Gasteiger partial charge in [0.15, 0.2) is 5.82 Å². The van der Waals surface area contributed by atoms with E-state index in [1.165, 1.54) is 7.11 Å². The van der Waals surface area contributed by atoms with Crippen molar-refractivity contribution >= 4 is 23.5 Å². The van der Waals surface area contributed by atoms with Crippen molar-refractivity contribution in [2.24, 2.45) is 0 Å². The summed E-state index contributed by atoms with van der Waals surface area (Å²) in [7, 11) is 1.32. The van der Waals surface area contributed by atoms with Crippen LogP contribution in [0.2, 0.25) is 0 Å². The number of imidazole rings is 1. The highest BCUT2D eigenvalue weighted by atomic mass is 16.5. The topological polar surface area (TPSA) is 93.5 Å². The largest absolute Gasteiger partial charge is 0.465 e. The molecule has 2 heterocycles. The highest BCUT2D eigenvalue weighted by Gasteiger charge is 2.29. The number of amides is 2. The Morgan fingerprint density at radius 1 is 1.14 bits per heavy atom. The highest BCUT2D eigenvalue weighted by molar-refractivity contribution is 6.04. The molecule has 0 bridgehead atoms. The Hall–Kier alpha value is -3.16. The zero-order valence-corrected chi connectivity index (χ0v) is 17.0. The second-order valence-corrected chi connectivity index (χ2v) is 6.84. The number of aromatic nitrogens is 2. The lowest BCUT2D eigenvalue weighted by atomic mass is 10.1. The third-order valence-corrected chi connectivity index (χ3v) is 5.14. The van der Waals surface area contributed by atoms with E-state index in [2.05, 4.69) is 15.0 Å². The fourth-order valence-corrected chi connectivity index (χ4v) is 3.54. The maximum absolute atomic E-state index is 12.9. The first-order valence-corrected chi connectivity index (χ1v) is 9.88. The van der Waals surface area contributed by atoms with Crippen molar-refractivity contribution in [3.8, 4) is 0 Å². The van der Waals surface area contributed by atoms with Gasteiger partial charge in [-0.15, -0.1) is 0 Å². The molecule has 1 aromatic carbocycles. The van der Waals surface area contributed by atoms with Crippen molar-refractivity contribution in [1.29, 1.82) is 0 Å². The van der Waals surface area contributed by atoms with Gasteiger partial charge in [-0.05, 0) is 57.4 Å². The number of nitrogens with zero attached hydrogens (tertiary/aromatic N) is 3. The minimum atomic E-state index is -0.440. The molecule has 0 aliphatic carbocycles. The van der Waals surface area contributed by atoms with Gasteiger partial charge in [-0.25, -0.2) is 9.78 Å². The SMILES string of the molecule is CCN(CC)C(=O)c1nc(C(=O)Nc2ccc(C(=O)OC)cc2)n2c1CCCC2. The van der Waals surface area contributed by atoms with E-state index >= 15 is 0 Å². The molecule has 1 aliphatic heterocycles. The third-order valence-electron chi connectivity index (χ3n) is 5.14. The summed E-state index contributed by atoms with van der Waals surface area (Å²) >= 11 is 0. The van der Waals surface area contributed by atoms with Gasteiger partial charge >= 0.3 is 5.97 Å². The predicted octanol–water partition coefficient (Wildman–Crippen LogP) is 2.74. The van der Waals surface area contributed by atoms with E-state index in [0.717, 1.165) is 25.0 Å². The molecule has 1 aliphatic rings. The number of hydrogen-bond donors (Lipinski definition) is 1. The molecule has 0 unspecified atom stereocenters. The van der Waals surface area contributed by atoms with Crippen LogP contribution in [0.15, 0.2) is 24.3 Å². The number of benzene rings is 1. The average Bonchev–Trinajstić information content (AvgIpc) is 3.14. The van der Waals surface area contributed by atoms with Gasteiger partial charge in [-0.1, -0.05) is 0 Å². The van der Waals surface area contributed by atoms with Gasteiger partial charge in [0, 0.05) is 25.3 Å². The zero-order valence-electron chi connectivity index (χ0n) is 17.0. The highest BCUT2D eigenvalue weighted by Crippen LogP contribution is 2.23. The molecular weight excluding hydrogens is 372 g/mol. The van der Waals surface area contributed by atoms with Crippen LogP contribution >= 0.6 is 0 Å². The van der Waals surface area contributed by atoms with Crippen LogP contribution < -0.4 is 5.32 Å². The average molecular weight is 398 g/mol. The molecule has 0 atom stereocenters. The summed E-state index contributed by atoms with van der Waals surface area (Å²) in [6, 6.07) is 6.42. The molecule has 8 heteroatoms. The first-order chi connectivity index (χ1) is 14.0. The molecule has 0 fully saturated rings. The van der Waals surface area contributed by atoms with Crippen molar-refractivity contribution in [2.45, 2.75) is 39.7 Å². The molecule has 2 amide bonds. The molecule has 2 aromatic rings. The van der Waals surface area contributed by atoms with E-state index in [1.807, 2.05) is 18.4 Å². The normalized spacial score (nSPS) is 12.8. The number of carbonyl (C=O) groups is 3. The summed E-state index contributed by atoms with van der Waals surface area (Å²) in [5.74, 6) is -0.711. The van der Waals surface area contributed by atoms with Gasteiger partial charge in [0.25, 0.3) is 11.8 Å². The molecule has 0 saturated heterocycles. The Labute approximate surface area is 169 Å². The van der Waals surface area contributed by atoms with Crippen LogP contribution in [0, 0.1) is 0 Å². The maximum Gasteiger partial charge on any atom is 0.337 e. The van der Waals surface area contributed by atoms with Crippen molar-refractivity contribution in [1.82, 2.24) is 14.5 Å². The van der Waals surface area contributed by atoms with E-state index in [0.29, 0.717) is 36.6 Å². The number of ether oxygens (including phenoxy) is 1. The standard InChI is InChI=1S/C21H26N4O4/c1-4-24(5-2)20(27)17-16-8-6-7-13-25(16)18(23-17)19(26)22-15-11-9-14(10-12-15)21(28)29-3/h9-12H,4-8,13H2,1-3H3,(H,22,26). The Morgan fingerprint density at radius 2 is 1.83 bits per heavy atom. The van der Waals surface area contributed by atoms with Crippen LogP contribution in [-0.4, -0.2) is 52.4 Å². The van der Waals surface area contributed by atoms with Crippen LogP contribution in [0.4, 0.5) is 5.69 Å². The number of rotatable bonds is 6. The number of hydrogen-bond acceptors (Lipinski definition) is 5. The maximum atomic E-state index is 12.9.